The number of pyridine rings is 1. The number of aromatic nitrogens is 1. The van der Waals surface area contributed by atoms with Gasteiger partial charge in [-0.25, -0.2) is 9.78 Å². The first-order chi connectivity index (χ1) is 9.77. The summed E-state index contributed by atoms with van der Waals surface area (Å²) in [4.78, 5) is 15.5. The zero-order chi connectivity index (χ0) is 14.6. The molecule has 20 heavy (non-hydrogen) atoms. The third-order valence-corrected chi connectivity index (χ3v) is 3.00. The Morgan fingerprint density at radius 3 is 2.50 bits per heavy atom. The Kier molecular flexibility index (Phi) is 8.43. The second-order valence-corrected chi connectivity index (χ2v) is 4.72. The summed E-state index contributed by atoms with van der Waals surface area (Å²) >= 11 is 0. The van der Waals surface area contributed by atoms with E-state index < -0.39 is 0 Å². The van der Waals surface area contributed by atoms with Crippen LogP contribution in [0.5, 0.6) is 5.88 Å². The van der Waals surface area contributed by atoms with Crippen LogP contribution in [-0.4, -0.2) is 24.2 Å². The molecule has 0 unspecified atom stereocenters. The third kappa shape index (κ3) is 6.55. The van der Waals surface area contributed by atoms with Crippen molar-refractivity contribution in [3.63, 3.8) is 0 Å². The van der Waals surface area contributed by atoms with Crippen LogP contribution >= 0.6 is 0 Å². The lowest BCUT2D eigenvalue weighted by molar-refractivity contribution is 0.0526. The quantitative estimate of drug-likeness (QED) is 0.480. The van der Waals surface area contributed by atoms with Crippen LogP contribution in [0.4, 0.5) is 0 Å². The number of carbonyl (C=O) groups excluding carboxylic acids is 1. The lowest BCUT2D eigenvalue weighted by Gasteiger charge is -2.06. The summed E-state index contributed by atoms with van der Waals surface area (Å²) in [7, 11) is 0. The van der Waals surface area contributed by atoms with Gasteiger partial charge in [0.05, 0.1) is 18.8 Å². The summed E-state index contributed by atoms with van der Waals surface area (Å²) in [6, 6.07) is 3.39. The fourth-order valence-electron chi connectivity index (χ4n) is 1.86. The van der Waals surface area contributed by atoms with E-state index in [2.05, 4.69) is 11.9 Å². The molecule has 0 fully saturated rings. The van der Waals surface area contributed by atoms with Gasteiger partial charge in [0, 0.05) is 12.3 Å². The summed E-state index contributed by atoms with van der Waals surface area (Å²) in [5.74, 6) is 0.217. The second-order valence-electron chi connectivity index (χ2n) is 4.72. The van der Waals surface area contributed by atoms with E-state index in [-0.39, 0.29) is 5.97 Å². The SMILES string of the molecule is CCCCCCCCOc1ccc(C(=O)OCC)cn1. The molecule has 1 rings (SSSR count). The van der Waals surface area contributed by atoms with Gasteiger partial charge >= 0.3 is 5.97 Å². The number of unbranched alkanes of at least 4 members (excludes halogenated alkanes) is 5. The van der Waals surface area contributed by atoms with Crippen LogP contribution in [0.3, 0.4) is 0 Å². The third-order valence-electron chi connectivity index (χ3n) is 3.00. The highest BCUT2D eigenvalue weighted by molar-refractivity contribution is 5.89. The summed E-state index contributed by atoms with van der Waals surface area (Å²) in [6.07, 6.45) is 8.90. The molecule has 0 bridgehead atoms. The molecule has 0 aliphatic heterocycles. The molecule has 0 aliphatic rings. The van der Waals surface area contributed by atoms with Crippen molar-refractivity contribution in [3.8, 4) is 5.88 Å². The van der Waals surface area contributed by atoms with Gasteiger partial charge in [0.15, 0.2) is 0 Å². The molecule has 0 N–H and O–H groups in total. The van der Waals surface area contributed by atoms with Crippen LogP contribution in [0.25, 0.3) is 0 Å². The van der Waals surface area contributed by atoms with Crippen molar-refractivity contribution in [2.75, 3.05) is 13.2 Å². The maximum atomic E-state index is 11.4. The minimum Gasteiger partial charge on any atom is -0.478 e. The Morgan fingerprint density at radius 1 is 1.10 bits per heavy atom. The molecule has 4 nitrogen and oxygen atoms in total. The molecule has 0 saturated heterocycles. The van der Waals surface area contributed by atoms with Gasteiger partial charge in [-0.2, -0.15) is 0 Å². The van der Waals surface area contributed by atoms with Crippen molar-refractivity contribution in [2.24, 2.45) is 0 Å². The maximum Gasteiger partial charge on any atom is 0.339 e. The van der Waals surface area contributed by atoms with Gasteiger partial charge in [0.1, 0.15) is 0 Å². The van der Waals surface area contributed by atoms with Crippen molar-refractivity contribution in [3.05, 3.63) is 23.9 Å². The molecule has 0 atom stereocenters. The lowest BCUT2D eigenvalue weighted by Crippen LogP contribution is -2.05. The Balaban J connectivity index is 2.20. The Morgan fingerprint density at radius 2 is 1.85 bits per heavy atom. The van der Waals surface area contributed by atoms with E-state index >= 15 is 0 Å². The molecule has 1 heterocycles. The highest BCUT2D eigenvalue weighted by atomic mass is 16.5. The van der Waals surface area contributed by atoms with Crippen molar-refractivity contribution in [1.29, 1.82) is 0 Å². The van der Waals surface area contributed by atoms with Crippen molar-refractivity contribution in [1.82, 2.24) is 4.98 Å². The molecule has 112 valence electrons. The summed E-state index contributed by atoms with van der Waals surface area (Å²) in [5.41, 5.74) is 0.457. The molecule has 1 aromatic rings. The number of nitrogens with zero attached hydrogens (tertiary/aromatic N) is 1. The predicted octanol–water partition coefficient (Wildman–Crippen LogP) is 4.00. The Hall–Kier alpha value is -1.58. The van der Waals surface area contributed by atoms with Crippen molar-refractivity contribution >= 4 is 5.97 Å². The fraction of sp³-hybridized carbons (Fsp3) is 0.625. The minimum atomic E-state index is -0.345. The highest BCUT2D eigenvalue weighted by Crippen LogP contribution is 2.10. The van der Waals surface area contributed by atoms with E-state index in [4.69, 9.17) is 9.47 Å². The summed E-state index contributed by atoms with van der Waals surface area (Å²) < 4.78 is 10.4. The minimum absolute atomic E-state index is 0.345. The number of hydrogen-bond acceptors (Lipinski definition) is 4. The molecular formula is C16H25NO3. The normalized spacial score (nSPS) is 10.3. The largest absolute Gasteiger partial charge is 0.478 e. The van der Waals surface area contributed by atoms with Crippen LogP contribution in [0, 0.1) is 0 Å². The standard InChI is InChI=1S/C16H25NO3/c1-3-5-6-7-8-9-12-20-15-11-10-14(13-17-15)16(18)19-4-2/h10-11,13H,3-9,12H2,1-2H3. The smallest absolute Gasteiger partial charge is 0.339 e. The molecule has 0 radical (unpaired) electrons. The molecule has 4 heteroatoms. The Bertz CT molecular complexity index is 376. The van der Waals surface area contributed by atoms with Crippen LogP contribution in [0.15, 0.2) is 18.3 Å². The summed E-state index contributed by atoms with van der Waals surface area (Å²) in [5, 5.41) is 0. The first kappa shape index (κ1) is 16.5. The molecule has 0 aromatic carbocycles. The first-order valence-electron chi connectivity index (χ1n) is 7.54. The zero-order valence-corrected chi connectivity index (χ0v) is 12.6. The number of rotatable bonds is 10. The fourth-order valence-corrected chi connectivity index (χ4v) is 1.86. The number of esters is 1. The molecule has 0 amide bonds. The monoisotopic (exact) mass is 279 g/mol. The number of ether oxygens (including phenoxy) is 2. The second kappa shape index (κ2) is 10.2. The van der Waals surface area contributed by atoms with Crippen LogP contribution in [0.1, 0.15) is 62.7 Å². The van der Waals surface area contributed by atoms with Crippen LogP contribution in [-0.2, 0) is 4.74 Å². The van der Waals surface area contributed by atoms with Gasteiger partial charge in [-0.3, -0.25) is 0 Å². The van der Waals surface area contributed by atoms with E-state index in [1.165, 1.54) is 38.3 Å². The molecule has 0 saturated carbocycles. The van der Waals surface area contributed by atoms with Crippen molar-refractivity contribution in [2.45, 2.75) is 52.4 Å². The molecule has 0 aliphatic carbocycles. The molecule has 1 aromatic heterocycles. The van der Waals surface area contributed by atoms with E-state index in [0.29, 0.717) is 24.7 Å². The first-order valence-corrected chi connectivity index (χ1v) is 7.54. The zero-order valence-electron chi connectivity index (χ0n) is 12.6. The highest BCUT2D eigenvalue weighted by Gasteiger charge is 2.06. The molecule has 0 spiro atoms. The average molecular weight is 279 g/mol. The molecular weight excluding hydrogens is 254 g/mol. The topological polar surface area (TPSA) is 48.4 Å². The van der Waals surface area contributed by atoms with Crippen LogP contribution < -0.4 is 4.74 Å². The maximum absolute atomic E-state index is 11.4. The van der Waals surface area contributed by atoms with Gasteiger partial charge in [0.25, 0.3) is 0 Å². The van der Waals surface area contributed by atoms with E-state index in [9.17, 15) is 4.79 Å². The van der Waals surface area contributed by atoms with Gasteiger partial charge in [-0.1, -0.05) is 39.0 Å². The van der Waals surface area contributed by atoms with E-state index in [0.717, 1.165) is 6.42 Å². The van der Waals surface area contributed by atoms with Gasteiger partial charge in [-0.15, -0.1) is 0 Å². The van der Waals surface area contributed by atoms with E-state index in [1.54, 1.807) is 19.1 Å². The van der Waals surface area contributed by atoms with Gasteiger partial charge < -0.3 is 9.47 Å². The Labute approximate surface area is 121 Å². The van der Waals surface area contributed by atoms with E-state index in [1.807, 2.05) is 0 Å². The van der Waals surface area contributed by atoms with Crippen LogP contribution in [0.2, 0.25) is 0 Å². The van der Waals surface area contributed by atoms with Gasteiger partial charge in [0.2, 0.25) is 5.88 Å². The number of carbonyl (C=O) groups is 1. The predicted molar refractivity (Wildman–Crippen MR) is 79.1 cm³/mol. The average Bonchev–Trinajstić information content (AvgIpc) is 2.47. The van der Waals surface area contributed by atoms with Gasteiger partial charge in [-0.05, 0) is 19.4 Å². The lowest BCUT2D eigenvalue weighted by atomic mass is 10.1. The summed E-state index contributed by atoms with van der Waals surface area (Å²) in [6.45, 7) is 5.05. The number of hydrogen-bond donors (Lipinski definition) is 0. The van der Waals surface area contributed by atoms with Crippen molar-refractivity contribution < 1.29 is 14.3 Å².